The van der Waals surface area contributed by atoms with Gasteiger partial charge in [0, 0.05) is 31.5 Å². The van der Waals surface area contributed by atoms with E-state index in [2.05, 4.69) is 42.3 Å². The van der Waals surface area contributed by atoms with Gasteiger partial charge in [-0.2, -0.15) is 0 Å². The average Bonchev–Trinajstić information content (AvgIpc) is 2.78. The van der Waals surface area contributed by atoms with E-state index < -0.39 is 0 Å². The number of likely N-dealkylation sites (N-methyl/N-ethyl adjacent to an activating group) is 1. The van der Waals surface area contributed by atoms with Gasteiger partial charge in [0.05, 0.1) is 0 Å². The van der Waals surface area contributed by atoms with E-state index in [9.17, 15) is 4.79 Å². The Morgan fingerprint density at radius 2 is 1.89 bits per heavy atom. The van der Waals surface area contributed by atoms with Crippen LogP contribution in [0.4, 0.5) is 0 Å². The summed E-state index contributed by atoms with van der Waals surface area (Å²) in [7, 11) is 2.19. The molecule has 2 fully saturated rings. The van der Waals surface area contributed by atoms with Gasteiger partial charge >= 0.3 is 0 Å². The molecular formula is C16H22N2O. The number of fused-ring (bicyclic) bond motifs is 1. The van der Waals surface area contributed by atoms with Crippen molar-refractivity contribution in [1.29, 1.82) is 0 Å². The fourth-order valence-corrected chi connectivity index (χ4v) is 3.90. The lowest BCUT2D eigenvalue weighted by Crippen LogP contribution is -2.55. The maximum atomic E-state index is 11.6. The summed E-state index contributed by atoms with van der Waals surface area (Å²) in [5.74, 6) is 0.210. The maximum Gasteiger partial charge on any atom is 0.219 e. The third-order valence-corrected chi connectivity index (χ3v) is 5.10. The first kappa shape index (κ1) is 12.7. The van der Waals surface area contributed by atoms with Gasteiger partial charge in [-0.1, -0.05) is 30.3 Å². The number of nitrogens with zero attached hydrogens (tertiary/aromatic N) is 2. The van der Waals surface area contributed by atoms with Gasteiger partial charge in [-0.3, -0.25) is 4.79 Å². The predicted molar refractivity (Wildman–Crippen MR) is 76.0 cm³/mol. The molecule has 19 heavy (non-hydrogen) atoms. The van der Waals surface area contributed by atoms with Crippen molar-refractivity contribution in [1.82, 2.24) is 9.80 Å². The second kappa shape index (κ2) is 4.64. The highest BCUT2D eigenvalue weighted by Gasteiger charge is 2.50. The first-order valence-electron chi connectivity index (χ1n) is 7.15. The third kappa shape index (κ3) is 1.96. The smallest absolute Gasteiger partial charge is 0.219 e. The quantitative estimate of drug-likeness (QED) is 0.768. The van der Waals surface area contributed by atoms with E-state index in [1.807, 2.05) is 4.90 Å². The van der Waals surface area contributed by atoms with Crippen LogP contribution in [0.25, 0.3) is 0 Å². The van der Waals surface area contributed by atoms with Crippen LogP contribution in [0.3, 0.4) is 0 Å². The standard InChI is InChI=1S/C16H22N2O/c1-13(19)18-11-9-16(14-6-4-3-5-7-14)8-10-17(2)15(16)12-18/h3-7,15H,8-12H2,1-2H3/t15-,16+/m0/s1. The van der Waals surface area contributed by atoms with Crippen LogP contribution in [0.1, 0.15) is 25.3 Å². The summed E-state index contributed by atoms with van der Waals surface area (Å²) >= 11 is 0. The van der Waals surface area contributed by atoms with Crippen molar-refractivity contribution in [2.24, 2.45) is 0 Å². The van der Waals surface area contributed by atoms with Crippen LogP contribution in [-0.2, 0) is 10.2 Å². The molecule has 2 saturated heterocycles. The number of hydrogen-bond acceptors (Lipinski definition) is 2. The van der Waals surface area contributed by atoms with Crippen molar-refractivity contribution >= 4 is 5.91 Å². The predicted octanol–water partition coefficient (Wildman–Crippen LogP) is 1.88. The van der Waals surface area contributed by atoms with E-state index in [1.54, 1.807) is 6.92 Å². The van der Waals surface area contributed by atoms with E-state index in [1.165, 1.54) is 12.0 Å². The van der Waals surface area contributed by atoms with Crippen LogP contribution in [-0.4, -0.2) is 48.4 Å². The molecule has 0 aliphatic carbocycles. The fourth-order valence-electron chi connectivity index (χ4n) is 3.90. The highest BCUT2D eigenvalue weighted by atomic mass is 16.2. The van der Waals surface area contributed by atoms with Crippen LogP contribution < -0.4 is 0 Å². The van der Waals surface area contributed by atoms with Crippen LogP contribution in [0, 0.1) is 0 Å². The molecule has 1 amide bonds. The summed E-state index contributed by atoms with van der Waals surface area (Å²) in [5, 5.41) is 0. The van der Waals surface area contributed by atoms with Crippen molar-refractivity contribution in [3.8, 4) is 0 Å². The molecule has 2 atom stereocenters. The molecular weight excluding hydrogens is 236 g/mol. The minimum atomic E-state index is 0.210. The zero-order valence-corrected chi connectivity index (χ0v) is 11.8. The summed E-state index contributed by atoms with van der Waals surface area (Å²) in [6.45, 7) is 4.59. The first-order chi connectivity index (χ1) is 9.13. The summed E-state index contributed by atoms with van der Waals surface area (Å²) < 4.78 is 0. The van der Waals surface area contributed by atoms with Crippen LogP contribution in [0.5, 0.6) is 0 Å². The lowest BCUT2D eigenvalue weighted by Gasteiger charge is -2.46. The number of rotatable bonds is 1. The van der Waals surface area contributed by atoms with Crippen molar-refractivity contribution in [3.63, 3.8) is 0 Å². The molecule has 0 radical (unpaired) electrons. The molecule has 0 bridgehead atoms. The maximum absolute atomic E-state index is 11.6. The van der Waals surface area contributed by atoms with Gasteiger partial charge in [-0.15, -0.1) is 0 Å². The Morgan fingerprint density at radius 1 is 1.21 bits per heavy atom. The highest BCUT2D eigenvalue weighted by Crippen LogP contribution is 2.45. The number of likely N-dealkylation sites (tertiary alicyclic amines) is 2. The third-order valence-electron chi connectivity index (χ3n) is 5.10. The van der Waals surface area contributed by atoms with Crippen molar-refractivity contribution in [2.75, 3.05) is 26.7 Å². The molecule has 1 aromatic carbocycles. The molecule has 0 aromatic heterocycles. The Bertz CT molecular complexity index is 473. The molecule has 3 nitrogen and oxygen atoms in total. The highest BCUT2D eigenvalue weighted by molar-refractivity contribution is 5.73. The summed E-state index contributed by atoms with van der Waals surface area (Å²) in [4.78, 5) is 16.1. The topological polar surface area (TPSA) is 23.6 Å². The summed E-state index contributed by atoms with van der Waals surface area (Å²) in [6.07, 6.45) is 2.30. The van der Waals surface area contributed by atoms with Gasteiger partial charge in [0.15, 0.2) is 0 Å². The number of benzene rings is 1. The molecule has 3 heteroatoms. The van der Waals surface area contributed by atoms with Gasteiger partial charge in [-0.25, -0.2) is 0 Å². The Labute approximate surface area is 115 Å². The van der Waals surface area contributed by atoms with E-state index in [-0.39, 0.29) is 11.3 Å². The molecule has 0 N–H and O–H groups in total. The SMILES string of the molecule is CC(=O)N1CC[C@@]2(c3ccccc3)CCN(C)[C@H]2C1. The second-order valence-corrected chi connectivity index (χ2v) is 5.98. The number of amides is 1. The fraction of sp³-hybridized carbons (Fsp3) is 0.562. The van der Waals surface area contributed by atoms with Crippen molar-refractivity contribution in [2.45, 2.75) is 31.2 Å². The summed E-state index contributed by atoms with van der Waals surface area (Å²) in [6, 6.07) is 11.3. The Morgan fingerprint density at radius 3 is 2.58 bits per heavy atom. The van der Waals surface area contributed by atoms with E-state index >= 15 is 0 Å². The van der Waals surface area contributed by atoms with E-state index in [0.717, 1.165) is 26.1 Å². The number of carbonyl (C=O) groups is 1. The lowest BCUT2D eigenvalue weighted by molar-refractivity contribution is -0.131. The zero-order valence-electron chi connectivity index (χ0n) is 11.8. The monoisotopic (exact) mass is 258 g/mol. The van der Waals surface area contributed by atoms with E-state index in [4.69, 9.17) is 0 Å². The molecule has 0 saturated carbocycles. The van der Waals surface area contributed by atoms with Crippen LogP contribution in [0.15, 0.2) is 30.3 Å². The molecule has 0 unspecified atom stereocenters. The van der Waals surface area contributed by atoms with E-state index in [0.29, 0.717) is 6.04 Å². The molecule has 102 valence electrons. The number of piperidine rings is 1. The molecule has 2 aliphatic rings. The largest absolute Gasteiger partial charge is 0.341 e. The van der Waals surface area contributed by atoms with Gasteiger partial charge in [0.1, 0.15) is 0 Å². The van der Waals surface area contributed by atoms with Crippen molar-refractivity contribution < 1.29 is 4.79 Å². The minimum Gasteiger partial charge on any atom is -0.341 e. The van der Waals surface area contributed by atoms with Crippen LogP contribution in [0.2, 0.25) is 0 Å². The molecule has 2 aliphatic heterocycles. The van der Waals surface area contributed by atoms with Gasteiger partial charge in [0.2, 0.25) is 5.91 Å². The lowest BCUT2D eigenvalue weighted by atomic mass is 9.69. The number of hydrogen-bond donors (Lipinski definition) is 0. The normalized spacial score (nSPS) is 31.3. The Hall–Kier alpha value is -1.35. The van der Waals surface area contributed by atoms with Crippen LogP contribution >= 0.6 is 0 Å². The second-order valence-electron chi connectivity index (χ2n) is 5.98. The molecule has 3 rings (SSSR count). The summed E-state index contributed by atoms with van der Waals surface area (Å²) in [5.41, 5.74) is 1.70. The van der Waals surface area contributed by atoms with Crippen molar-refractivity contribution in [3.05, 3.63) is 35.9 Å². The van der Waals surface area contributed by atoms with Gasteiger partial charge < -0.3 is 9.80 Å². The first-order valence-corrected chi connectivity index (χ1v) is 7.15. The zero-order chi connectivity index (χ0) is 13.5. The molecule has 0 spiro atoms. The number of carbonyl (C=O) groups excluding carboxylic acids is 1. The molecule has 1 aromatic rings. The van der Waals surface area contributed by atoms with Gasteiger partial charge in [-0.05, 0) is 32.0 Å². The van der Waals surface area contributed by atoms with Gasteiger partial charge in [0.25, 0.3) is 0 Å². The Balaban J connectivity index is 1.95. The average molecular weight is 258 g/mol. The minimum absolute atomic E-state index is 0.210. The Kier molecular flexibility index (Phi) is 3.09. The molecule has 2 heterocycles.